The van der Waals surface area contributed by atoms with E-state index in [0.29, 0.717) is 12.5 Å². The van der Waals surface area contributed by atoms with Crippen molar-refractivity contribution in [1.82, 2.24) is 15.0 Å². The van der Waals surface area contributed by atoms with E-state index in [1.54, 1.807) is 23.7 Å². The van der Waals surface area contributed by atoms with Crippen LogP contribution in [0.4, 0.5) is 5.95 Å². The second kappa shape index (κ2) is 10.5. The van der Waals surface area contributed by atoms with E-state index in [1.807, 2.05) is 36.5 Å². The summed E-state index contributed by atoms with van der Waals surface area (Å²) in [5, 5.41) is 4.54. The molecule has 0 bridgehead atoms. The first-order chi connectivity index (χ1) is 15.8. The molecule has 3 heterocycles. The Kier molecular flexibility index (Phi) is 7.29. The average Bonchev–Trinajstić information content (AvgIpc) is 3.28. The molecule has 166 valence electrons. The van der Waals surface area contributed by atoms with E-state index in [2.05, 4.69) is 57.7 Å². The van der Waals surface area contributed by atoms with E-state index in [1.165, 1.54) is 15.6 Å². The normalized spacial score (nSPS) is 11.7. The number of rotatable bonds is 7. The zero-order chi connectivity index (χ0) is 21.8. The molecule has 1 atom stereocenters. The van der Waals surface area contributed by atoms with Crippen LogP contribution >= 0.6 is 23.7 Å². The summed E-state index contributed by atoms with van der Waals surface area (Å²) in [7, 11) is 0. The summed E-state index contributed by atoms with van der Waals surface area (Å²) in [6, 6.07) is 24.8. The minimum Gasteiger partial charge on any atom is -0.353 e. The average molecular weight is 474 g/mol. The van der Waals surface area contributed by atoms with Crippen molar-refractivity contribution in [2.75, 3.05) is 11.9 Å². The van der Waals surface area contributed by atoms with Crippen LogP contribution in [0, 0.1) is 0 Å². The summed E-state index contributed by atoms with van der Waals surface area (Å²) in [6.45, 7) is 0.590. The highest BCUT2D eigenvalue weighted by atomic mass is 35.5. The molecule has 3 aromatic heterocycles. The van der Waals surface area contributed by atoms with Crippen molar-refractivity contribution < 1.29 is 0 Å². The fourth-order valence-corrected chi connectivity index (χ4v) is 4.78. The van der Waals surface area contributed by atoms with Crippen molar-refractivity contribution >= 4 is 39.8 Å². The number of halogens is 1. The van der Waals surface area contributed by atoms with Gasteiger partial charge in [-0.3, -0.25) is 4.98 Å². The number of pyridine rings is 1. The lowest BCUT2D eigenvalue weighted by atomic mass is 10.1. The van der Waals surface area contributed by atoms with Crippen molar-refractivity contribution in [3.8, 4) is 21.7 Å². The Balaban J connectivity index is 0.00000259. The molecule has 0 aliphatic carbocycles. The van der Waals surface area contributed by atoms with Gasteiger partial charge in [-0.15, -0.1) is 23.7 Å². The summed E-state index contributed by atoms with van der Waals surface area (Å²) >= 11 is 1.75. The first-order valence-corrected chi connectivity index (χ1v) is 11.4. The van der Waals surface area contributed by atoms with E-state index in [4.69, 9.17) is 10.7 Å². The number of nitrogens with two attached hydrogens (primary N) is 1. The van der Waals surface area contributed by atoms with E-state index in [9.17, 15) is 0 Å². The van der Waals surface area contributed by atoms with Crippen molar-refractivity contribution in [3.05, 3.63) is 97.0 Å². The molecule has 0 unspecified atom stereocenters. The van der Waals surface area contributed by atoms with E-state index >= 15 is 0 Å². The molecule has 0 aliphatic heterocycles. The number of thiophene rings is 1. The number of nitrogens with one attached hydrogen (secondary N) is 1. The van der Waals surface area contributed by atoms with Crippen LogP contribution in [0.25, 0.3) is 31.8 Å². The quantitative estimate of drug-likeness (QED) is 0.311. The van der Waals surface area contributed by atoms with Gasteiger partial charge in [-0.2, -0.15) is 0 Å². The van der Waals surface area contributed by atoms with Crippen LogP contribution in [0.5, 0.6) is 0 Å². The predicted molar refractivity (Wildman–Crippen MR) is 140 cm³/mol. The molecular formula is C26H24ClN5S. The van der Waals surface area contributed by atoms with Gasteiger partial charge in [-0.05, 0) is 41.6 Å². The van der Waals surface area contributed by atoms with Gasteiger partial charge < -0.3 is 11.1 Å². The van der Waals surface area contributed by atoms with Crippen LogP contribution < -0.4 is 11.1 Å². The third kappa shape index (κ3) is 5.37. The molecule has 7 heteroatoms. The molecule has 33 heavy (non-hydrogen) atoms. The number of hydrogen-bond acceptors (Lipinski definition) is 6. The van der Waals surface area contributed by atoms with Gasteiger partial charge in [0.25, 0.3) is 0 Å². The van der Waals surface area contributed by atoms with E-state index in [-0.39, 0.29) is 18.4 Å². The standard InChI is InChI=1S/C26H23N5S.ClH/c27-21(14-18-6-2-1-3-7-18)16-29-26-30-17-22(25(31-26)19-10-12-28-13-11-19)24-15-20-8-4-5-9-23(20)32-24;/h1-13,15,17,21H,14,16,27H2,(H,29,30,31);1H/t21-;/m0./s1. The van der Waals surface area contributed by atoms with Crippen molar-refractivity contribution in [3.63, 3.8) is 0 Å². The molecular weight excluding hydrogens is 450 g/mol. The minimum atomic E-state index is -0.0346. The Morgan fingerprint density at radius 3 is 2.48 bits per heavy atom. The first kappa shape index (κ1) is 22.9. The Hall–Kier alpha value is -3.32. The maximum atomic E-state index is 6.34. The summed E-state index contributed by atoms with van der Waals surface area (Å²) in [5.74, 6) is 0.574. The van der Waals surface area contributed by atoms with Crippen LogP contribution in [0.2, 0.25) is 0 Å². The first-order valence-electron chi connectivity index (χ1n) is 10.6. The molecule has 0 spiro atoms. The summed E-state index contributed by atoms with van der Waals surface area (Å²) < 4.78 is 1.25. The van der Waals surface area contributed by atoms with Crippen molar-refractivity contribution in [2.24, 2.45) is 5.73 Å². The lowest BCUT2D eigenvalue weighted by molar-refractivity contribution is 0.696. The topological polar surface area (TPSA) is 76.7 Å². The van der Waals surface area contributed by atoms with Crippen molar-refractivity contribution in [1.29, 1.82) is 0 Å². The largest absolute Gasteiger partial charge is 0.353 e. The number of benzene rings is 2. The van der Waals surface area contributed by atoms with Crippen LogP contribution in [-0.2, 0) is 6.42 Å². The summed E-state index contributed by atoms with van der Waals surface area (Å²) in [6.07, 6.45) is 6.27. The highest BCUT2D eigenvalue weighted by Gasteiger charge is 2.15. The number of nitrogens with zero attached hydrogens (tertiary/aromatic N) is 3. The molecule has 2 aromatic carbocycles. The monoisotopic (exact) mass is 473 g/mol. The molecule has 0 radical (unpaired) electrons. The Morgan fingerprint density at radius 2 is 1.70 bits per heavy atom. The summed E-state index contributed by atoms with van der Waals surface area (Å²) in [4.78, 5) is 14.8. The van der Waals surface area contributed by atoms with Gasteiger partial charge >= 0.3 is 0 Å². The van der Waals surface area contributed by atoms with Gasteiger partial charge in [-0.1, -0.05) is 48.5 Å². The molecule has 3 N–H and O–H groups in total. The molecule has 5 rings (SSSR count). The molecule has 0 saturated carbocycles. The fraction of sp³-hybridized carbons (Fsp3) is 0.115. The van der Waals surface area contributed by atoms with Crippen LogP contribution in [0.1, 0.15) is 5.56 Å². The lowest BCUT2D eigenvalue weighted by Crippen LogP contribution is -2.31. The Morgan fingerprint density at radius 1 is 0.939 bits per heavy atom. The smallest absolute Gasteiger partial charge is 0.223 e. The van der Waals surface area contributed by atoms with Gasteiger partial charge in [0.05, 0.1) is 5.69 Å². The lowest BCUT2D eigenvalue weighted by Gasteiger charge is -2.14. The van der Waals surface area contributed by atoms with Gasteiger partial charge in [0.15, 0.2) is 0 Å². The van der Waals surface area contributed by atoms with E-state index < -0.39 is 0 Å². The maximum absolute atomic E-state index is 6.34. The Bertz CT molecular complexity index is 1290. The van der Waals surface area contributed by atoms with Gasteiger partial charge in [0.2, 0.25) is 5.95 Å². The molecule has 5 nitrogen and oxygen atoms in total. The molecule has 0 amide bonds. The van der Waals surface area contributed by atoms with Gasteiger partial charge in [-0.25, -0.2) is 9.97 Å². The second-order valence-corrected chi connectivity index (χ2v) is 8.75. The van der Waals surface area contributed by atoms with Crippen LogP contribution in [0.15, 0.2) is 91.4 Å². The fourth-order valence-electron chi connectivity index (χ4n) is 3.70. The molecule has 0 aliphatic rings. The van der Waals surface area contributed by atoms with Gasteiger partial charge in [0.1, 0.15) is 0 Å². The number of anilines is 1. The Labute approximate surface area is 203 Å². The third-order valence-corrected chi connectivity index (χ3v) is 6.45. The molecule has 5 aromatic rings. The highest BCUT2D eigenvalue weighted by molar-refractivity contribution is 7.22. The van der Waals surface area contributed by atoms with Crippen molar-refractivity contribution in [2.45, 2.75) is 12.5 Å². The molecule has 0 fully saturated rings. The zero-order valence-corrected chi connectivity index (χ0v) is 19.5. The van der Waals surface area contributed by atoms with Gasteiger partial charge in [0, 0.05) is 51.9 Å². The summed E-state index contributed by atoms with van der Waals surface area (Å²) in [5.41, 5.74) is 10.5. The minimum absolute atomic E-state index is 0. The second-order valence-electron chi connectivity index (χ2n) is 7.67. The van der Waals surface area contributed by atoms with Crippen LogP contribution in [0.3, 0.4) is 0 Å². The van der Waals surface area contributed by atoms with E-state index in [0.717, 1.165) is 28.1 Å². The number of aromatic nitrogens is 3. The SMILES string of the molecule is Cl.N[C@H](CNc1ncc(-c2cc3ccccc3s2)c(-c2ccncc2)n1)Cc1ccccc1. The highest BCUT2D eigenvalue weighted by Crippen LogP contribution is 2.38. The molecule has 0 saturated heterocycles. The maximum Gasteiger partial charge on any atom is 0.223 e. The van der Waals surface area contributed by atoms with Crippen LogP contribution in [-0.4, -0.2) is 27.5 Å². The zero-order valence-electron chi connectivity index (χ0n) is 17.9. The third-order valence-electron chi connectivity index (χ3n) is 5.30. The number of hydrogen-bond donors (Lipinski definition) is 2. The number of fused-ring (bicyclic) bond motifs is 1. The predicted octanol–water partition coefficient (Wildman–Crippen LogP) is 5.82.